The van der Waals surface area contributed by atoms with E-state index in [4.69, 9.17) is 15.2 Å². The van der Waals surface area contributed by atoms with Gasteiger partial charge in [0.2, 0.25) is 21.8 Å². The third-order valence-corrected chi connectivity index (χ3v) is 11.7. The van der Waals surface area contributed by atoms with Crippen molar-refractivity contribution in [1.82, 2.24) is 24.9 Å². The van der Waals surface area contributed by atoms with Crippen LogP contribution in [0.2, 0.25) is 0 Å². The number of rotatable bonds is 13. The van der Waals surface area contributed by atoms with Gasteiger partial charge in [0, 0.05) is 42.6 Å². The lowest BCUT2D eigenvalue weighted by atomic mass is 9.77. The molecule has 14 heteroatoms. The van der Waals surface area contributed by atoms with Crippen molar-refractivity contribution in [2.75, 3.05) is 45.3 Å². The maximum Gasteiger partial charge on any atom is 0.246 e. The van der Waals surface area contributed by atoms with Gasteiger partial charge in [-0.2, -0.15) is 9.52 Å². The standard InChI is InChI=1S/C36H43N7O6S/c1-48-33-15-12-29(22-34(33)50(46,47)43-16-18-49-19-17-43)26-6-2-24(3-7-26)20-30(21-32(44)27-8-4-25(23-37)5-9-27)36(45)38-31-13-10-28(11-14-31)35-39-41-42-40-35/h2-3,6-7,10-15,22,25,27,30H,4-5,8-9,16-21,23,37H2,1H3,(H,38,45)(H,39,40,41,42)/t25?,27?,30-/m1/s1. The maximum absolute atomic E-state index is 13.8. The molecule has 0 radical (unpaired) electrons. The number of hydrogen-bond acceptors (Lipinski definition) is 10. The quantitative estimate of drug-likeness (QED) is 0.184. The first-order valence-corrected chi connectivity index (χ1v) is 18.4. The average molecular weight is 702 g/mol. The number of carbonyl (C=O) groups excluding carboxylic acids is 2. The van der Waals surface area contributed by atoms with Crippen molar-refractivity contribution >= 4 is 27.4 Å². The van der Waals surface area contributed by atoms with Crippen LogP contribution in [0.3, 0.4) is 0 Å². The fourth-order valence-corrected chi connectivity index (χ4v) is 8.31. The van der Waals surface area contributed by atoms with Crippen LogP contribution in [0.5, 0.6) is 5.75 Å². The first kappa shape index (κ1) is 35.3. The summed E-state index contributed by atoms with van der Waals surface area (Å²) in [7, 11) is -2.34. The van der Waals surface area contributed by atoms with Crippen LogP contribution in [0.4, 0.5) is 5.69 Å². The number of nitrogens with one attached hydrogen (secondary N) is 2. The predicted molar refractivity (Wildman–Crippen MR) is 188 cm³/mol. The van der Waals surface area contributed by atoms with Gasteiger partial charge in [0.25, 0.3) is 0 Å². The van der Waals surface area contributed by atoms with E-state index in [1.807, 2.05) is 30.3 Å². The Morgan fingerprint density at radius 3 is 2.30 bits per heavy atom. The smallest absolute Gasteiger partial charge is 0.246 e. The normalized spacial score (nSPS) is 19.1. The van der Waals surface area contributed by atoms with E-state index < -0.39 is 15.9 Å². The number of morpholine rings is 1. The third kappa shape index (κ3) is 8.27. The van der Waals surface area contributed by atoms with Crippen LogP contribution < -0.4 is 15.8 Å². The monoisotopic (exact) mass is 701 g/mol. The highest BCUT2D eigenvalue weighted by Crippen LogP contribution is 2.34. The number of carbonyl (C=O) groups is 2. The van der Waals surface area contributed by atoms with Crippen LogP contribution in [0, 0.1) is 17.8 Å². The Balaban J connectivity index is 1.20. The summed E-state index contributed by atoms with van der Waals surface area (Å²) in [5.41, 5.74) is 9.63. The number of anilines is 1. The summed E-state index contributed by atoms with van der Waals surface area (Å²) in [6.07, 6.45) is 3.94. The van der Waals surface area contributed by atoms with Crippen molar-refractivity contribution in [1.29, 1.82) is 0 Å². The van der Waals surface area contributed by atoms with Crippen molar-refractivity contribution in [3.8, 4) is 28.3 Å². The zero-order chi connectivity index (χ0) is 35.1. The Morgan fingerprint density at radius 1 is 0.980 bits per heavy atom. The number of ether oxygens (including phenoxy) is 2. The fraction of sp³-hybridized carbons (Fsp3) is 0.417. The molecule has 264 valence electrons. The number of aromatic nitrogens is 4. The van der Waals surface area contributed by atoms with Crippen molar-refractivity contribution in [3.63, 3.8) is 0 Å². The molecule has 0 unspecified atom stereocenters. The van der Waals surface area contributed by atoms with Crippen LogP contribution in [0.15, 0.2) is 71.6 Å². The SMILES string of the molecule is COc1ccc(-c2ccc(C[C@H](CC(=O)C3CCC(CN)CC3)C(=O)Nc3ccc(-c4nn[nH]n4)cc3)cc2)cc1S(=O)(=O)N1CCOCC1. The molecule has 2 aliphatic rings. The molecule has 0 bridgehead atoms. The van der Waals surface area contributed by atoms with Crippen LogP contribution in [0.25, 0.3) is 22.5 Å². The zero-order valence-corrected chi connectivity index (χ0v) is 28.9. The summed E-state index contributed by atoms with van der Waals surface area (Å²) in [5, 5.41) is 17.0. The van der Waals surface area contributed by atoms with Gasteiger partial charge in [-0.15, -0.1) is 10.2 Å². The molecule has 1 amide bonds. The van der Waals surface area contributed by atoms with Gasteiger partial charge < -0.3 is 20.5 Å². The number of tetrazole rings is 1. The van der Waals surface area contributed by atoms with Crippen molar-refractivity contribution < 1.29 is 27.5 Å². The molecule has 50 heavy (non-hydrogen) atoms. The molecule has 6 rings (SSSR count). The second-order valence-electron chi connectivity index (χ2n) is 12.9. The van der Waals surface area contributed by atoms with Gasteiger partial charge in [-0.3, -0.25) is 9.59 Å². The first-order chi connectivity index (χ1) is 24.2. The maximum atomic E-state index is 13.8. The van der Waals surface area contributed by atoms with Crippen LogP contribution in [-0.4, -0.2) is 85.0 Å². The summed E-state index contributed by atoms with van der Waals surface area (Å²) in [5.74, 6) is 0.385. The van der Waals surface area contributed by atoms with Gasteiger partial charge in [0.05, 0.1) is 20.3 Å². The third-order valence-electron chi connectivity index (χ3n) is 9.73. The van der Waals surface area contributed by atoms with E-state index in [-0.39, 0.29) is 47.8 Å². The summed E-state index contributed by atoms with van der Waals surface area (Å²) < 4.78 is 39.3. The van der Waals surface area contributed by atoms with E-state index >= 15 is 0 Å². The van der Waals surface area contributed by atoms with Gasteiger partial charge in [0.15, 0.2) is 0 Å². The van der Waals surface area contributed by atoms with E-state index in [1.165, 1.54) is 11.4 Å². The topological polar surface area (TPSA) is 182 Å². The van der Waals surface area contributed by atoms with Crippen molar-refractivity contribution in [2.45, 2.75) is 43.4 Å². The summed E-state index contributed by atoms with van der Waals surface area (Å²) >= 11 is 0. The summed E-state index contributed by atoms with van der Waals surface area (Å²) in [6, 6.07) is 19.9. The number of benzene rings is 3. The Labute approximate surface area is 292 Å². The Bertz CT molecular complexity index is 1850. The number of sulfonamides is 1. The average Bonchev–Trinajstić information content (AvgIpc) is 3.71. The minimum absolute atomic E-state index is 0.0669. The zero-order valence-electron chi connectivity index (χ0n) is 28.1. The highest BCUT2D eigenvalue weighted by atomic mass is 32.2. The molecule has 1 saturated heterocycles. The number of amides is 1. The van der Waals surface area contributed by atoms with Crippen LogP contribution in [-0.2, 0) is 30.8 Å². The van der Waals surface area contributed by atoms with E-state index in [0.29, 0.717) is 49.2 Å². The van der Waals surface area contributed by atoms with Crippen molar-refractivity contribution in [3.05, 3.63) is 72.3 Å². The van der Waals surface area contributed by atoms with Crippen LogP contribution >= 0.6 is 0 Å². The molecule has 2 heterocycles. The van der Waals surface area contributed by atoms with Gasteiger partial charge >= 0.3 is 0 Å². The van der Waals surface area contributed by atoms with E-state index in [1.54, 1.807) is 36.4 Å². The van der Waals surface area contributed by atoms with Crippen molar-refractivity contribution in [2.24, 2.45) is 23.5 Å². The lowest BCUT2D eigenvalue weighted by molar-refractivity contribution is -0.129. The summed E-state index contributed by atoms with van der Waals surface area (Å²) in [6.45, 7) is 1.88. The predicted octanol–water partition coefficient (Wildman–Crippen LogP) is 4.08. The number of hydrogen-bond donors (Lipinski definition) is 3. The van der Waals surface area contributed by atoms with E-state index in [0.717, 1.165) is 42.4 Å². The largest absolute Gasteiger partial charge is 0.495 e. The molecule has 13 nitrogen and oxygen atoms in total. The molecular formula is C36H43N7O6S. The molecule has 1 atom stereocenters. The van der Waals surface area contributed by atoms with E-state index in [2.05, 4.69) is 25.9 Å². The fourth-order valence-electron chi connectivity index (χ4n) is 6.72. The molecule has 4 aromatic rings. The summed E-state index contributed by atoms with van der Waals surface area (Å²) in [4.78, 5) is 27.4. The number of nitrogens with two attached hydrogens (primary N) is 1. The minimum Gasteiger partial charge on any atom is -0.495 e. The van der Waals surface area contributed by atoms with Gasteiger partial charge in [-0.1, -0.05) is 30.3 Å². The van der Waals surface area contributed by atoms with E-state index in [9.17, 15) is 18.0 Å². The Kier molecular flexibility index (Phi) is 11.3. The molecule has 0 spiro atoms. The second kappa shape index (κ2) is 16.0. The number of ketones is 1. The minimum atomic E-state index is -3.80. The number of Topliss-reactive ketones (excluding diaryl/α,β-unsaturated/α-hetero) is 1. The second-order valence-corrected chi connectivity index (χ2v) is 14.8. The van der Waals surface area contributed by atoms with Crippen LogP contribution in [0.1, 0.15) is 37.7 Å². The highest BCUT2D eigenvalue weighted by molar-refractivity contribution is 7.89. The lowest BCUT2D eigenvalue weighted by Crippen LogP contribution is -2.40. The molecular weight excluding hydrogens is 659 g/mol. The molecule has 2 fully saturated rings. The lowest BCUT2D eigenvalue weighted by Gasteiger charge is -2.27. The highest BCUT2D eigenvalue weighted by Gasteiger charge is 2.31. The number of methoxy groups -OCH3 is 1. The number of H-pyrrole nitrogens is 1. The molecule has 4 N–H and O–H groups in total. The van der Waals surface area contributed by atoms with Gasteiger partial charge in [-0.05, 0) is 103 Å². The molecule has 1 aliphatic carbocycles. The Morgan fingerprint density at radius 2 is 1.66 bits per heavy atom. The van der Waals surface area contributed by atoms with Gasteiger partial charge in [-0.25, -0.2) is 8.42 Å². The number of nitrogens with zero attached hydrogens (tertiary/aromatic N) is 4. The Hall–Kier alpha value is -4.50. The molecule has 1 aromatic heterocycles. The molecule has 1 aliphatic heterocycles. The first-order valence-electron chi connectivity index (χ1n) is 17.0. The van der Waals surface area contributed by atoms with Gasteiger partial charge in [0.1, 0.15) is 16.4 Å². The molecule has 3 aromatic carbocycles. The molecule has 1 saturated carbocycles. The number of aromatic amines is 1.